The van der Waals surface area contributed by atoms with Crippen LogP contribution in [0.15, 0.2) is 18.2 Å². The van der Waals surface area contributed by atoms with Crippen molar-refractivity contribution in [1.29, 1.82) is 0 Å². The molecule has 84 valence electrons. The molecule has 0 aromatic heterocycles. The van der Waals surface area contributed by atoms with E-state index in [-0.39, 0.29) is 5.54 Å². The molecule has 0 radical (unpaired) electrons. The summed E-state index contributed by atoms with van der Waals surface area (Å²) in [6, 6.07) is 6.79. The van der Waals surface area contributed by atoms with Crippen LogP contribution in [0.4, 0.5) is 0 Å². The van der Waals surface area contributed by atoms with Crippen LogP contribution >= 0.6 is 0 Å². The molecule has 1 aromatic rings. The van der Waals surface area contributed by atoms with Crippen LogP contribution in [0.5, 0.6) is 0 Å². The summed E-state index contributed by atoms with van der Waals surface area (Å²) in [4.78, 5) is 0. The molecule has 1 aromatic carbocycles. The van der Waals surface area contributed by atoms with Crippen LogP contribution in [0.1, 0.15) is 44.4 Å². The van der Waals surface area contributed by atoms with E-state index in [1.54, 1.807) is 0 Å². The van der Waals surface area contributed by atoms with E-state index in [1.807, 2.05) is 0 Å². The Kier molecular flexibility index (Phi) is 3.92. The molecule has 1 heteroatoms. The Bertz CT molecular complexity index is 321. The first-order valence-corrected chi connectivity index (χ1v) is 5.86. The van der Waals surface area contributed by atoms with Crippen molar-refractivity contribution in [2.75, 3.05) is 0 Å². The van der Waals surface area contributed by atoms with Gasteiger partial charge in [-0.2, -0.15) is 0 Å². The second kappa shape index (κ2) is 4.80. The predicted molar refractivity (Wildman–Crippen MR) is 67.2 cm³/mol. The SMILES string of the molecule is CCc1ccc(CC)c(CC(C)(C)N)c1. The highest BCUT2D eigenvalue weighted by atomic mass is 14.7. The van der Waals surface area contributed by atoms with Crippen molar-refractivity contribution in [1.82, 2.24) is 0 Å². The van der Waals surface area contributed by atoms with Gasteiger partial charge >= 0.3 is 0 Å². The Balaban J connectivity index is 3.01. The molecule has 0 bridgehead atoms. The minimum Gasteiger partial charge on any atom is -0.325 e. The van der Waals surface area contributed by atoms with E-state index < -0.39 is 0 Å². The van der Waals surface area contributed by atoms with Crippen LogP contribution in [0, 0.1) is 0 Å². The van der Waals surface area contributed by atoms with Gasteiger partial charge in [-0.05, 0) is 49.8 Å². The molecule has 2 N–H and O–H groups in total. The first kappa shape index (κ1) is 12.3. The summed E-state index contributed by atoms with van der Waals surface area (Å²) in [7, 11) is 0. The Morgan fingerprint density at radius 1 is 1.07 bits per heavy atom. The summed E-state index contributed by atoms with van der Waals surface area (Å²) < 4.78 is 0. The molecule has 0 atom stereocenters. The fourth-order valence-electron chi connectivity index (χ4n) is 1.90. The lowest BCUT2D eigenvalue weighted by molar-refractivity contribution is 0.514. The molecule has 0 fully saturated rings. The maximum absolute atomic E-state index is 6.08. The maximum Gasteiger partial charge on any atom is 0.0138 e. The van der Waals surface area contributed by atoms with Crippen LogP contribution < -0.4 is 5.73 Å². The summed E-state index contributed by atoms with van der Waals surface area (Å²) in [5, 5.41) is 0. The fourth-order valence-corrected chi connectivity index (χ4v) is 1.90. The van der Waals surface area contributed by atoms with E-state index in [1.165, 1.54) is 16.7 Å². The summed E-state index contributed by atoms with van der Waals surface area (Å²) >= 11 is 0. The summed E-state index contributed by atoms with van der Waals surface area (Å²) in [6.07, 6.45) is 3.15. The molecule has 0 heterocycles. The summed E-state index contributed by atoms with van der Waals surface area (Å²) in [5.41, 5.74) is 10.2. The van der Waals surface area contributed by atoms with Gasteiger partial charge in [-0.25, -0.2) is 0 Å². The Labute approximate surface area is 93.7 Å². The fraction of sp³-hybridized carbons (Fsp3) is 0.571. The molecular formula is C14H23N. The third-order valence-corrected chi connectivity index (χ3v) is 2.71. The third-order valence-electron chi connectivity index (χ3n) is 2.71. The monoisotopic (exact) mass is 205 g/mol. The number of nitrogens with two attached hydrogens (primary N) is 1. The van der Waals surface area contributed by atoms with E-state index >= 15 is 0 Å². The van der Waals surface area contributed by atoms with Gasteiger partial charge in [0.05, 0.1) is 0 Å². The predicted octanol–water partition coefficient (Wildman–Crippen LogP) is 3.09. The maximum atomic E-state index is 6.08. The van der Waals surface area contributed by atoms with Gasteiger partial charge in [0.2, 0.25) is 0 Å². The quantitative estimate of drug-likeness (QED) is 0.803. The zero-order valence-electron chi connectivity index (χ0n) is 10.4. The molecule has 1 rings (SSSR count). The van der Waals surface area contributed by atoms with E-state index in [0.29, 0.717) is 0 Å². The van der Waals surface area contributed by atoms with Gasteiger partial charge < -0.3 is 5.73 Å². The van der Waals surface area contributed by atoms with Crippen molar-refractivity contribution < 1.29 is 0 Å². The largest absolute Gasteiger partial charge is 0.325 e. The van der Waals surface area contributed by atoms with E-state index in [4.69, 9.17) is 5.73 Å². The zero-order valence-corrected chi connectivity index (χ0v) is 10.4. The number of hydrogen-bond acceptors (Lipinski definition) is 1. The molecule has 0 unspecified atom stereocenters. The smallest absolute Gasteiger partial charge is 0.0138 e. The minimum absolute atomic E-state index is 0.115. The third kappa shape index (κ3) is 3.67. The van der Waals surface area contributed by atoms with Crippen molar-refractivity contribution in [2.45, 2.75) is 52.5 Å². The summed E-state index contributed by atoms with van der Waals surface area (Å²) in [5.74, 6) is 0. The number of benzene rings is 1. The summed E-state index contributed by atoms with van der Waals surface area (Å²) in [6.45, 7) is 8.57. The highest BCUT2D eigenvalue weighted by Gasteiger charge is 2.14. The molecule has 1 nitrogen and oxygen atoms in total. The van der Waals surface area contributed by atoms with E-state index in [9.17, 15) is 0 Å². The topological polar surface area (TPSA) is 26.0 Å². The van der Waals surface area contributed by atoms with Crippen molar-refractivity contribution in [3.8, 4) is 0 Å². The van der Waals surface area contributed by atoms with Gasteiger partial charge in [0.25, 0.3) is 0 Å². The second-order valence-corrected chi connectivity index (χ2v) is 4.98. The molecule has 0 saturated heterocycles. The van der Waals surface area contributed by atoms with Gasteiger partial charge in [0.1, 0.15) is 0 Å². The molecule has 15 heavy (non-hydrogen) atoms. The van der Waals surface area contributed by atoms with Crippen LogP contribution in [0.25, 0.3) is 0 Å². The first-order valence-electron chi connectivity index (χ1n) is 5.86. The molecule has 0 aliphatic heterocycles. The van der Waals surface area contributed by atoms with Gasteiger partial charge in [-0.3, -0.25) is 0 Å². The Morgan fingerprint density at radius 2 is 1.73 bits per heavy atom. The molecular weight excluding hydrogens is 182 g/mol. The standard InChI is InChI=1S/C14H23N/c1-5-11-7-8-12(6-2)13(9-11)10-14(3,4)15/h7-9H,5-6,10,15H2,1-4H3. The van der Waals surface area contributed by atoms with Gasteiger partial charge in [-0.1, -0.05) is 32.0 Å². The van der Waals surface area contributed by atoms with Crippen LogP contribution in [-0.4, -0.2) is 5.54 Å². The molecule has 0 spiro atoms. The minimum atomic E-state index is -0.115. The van der Waals surface area contributed by atoms with Crippen LogP contribution in [0.2, 0.25) is 0 Å². The van der Waals surface area contributed by atoms with E-state index in [0.717, 1.165) is 19.3 Å². The highest BCUT2D eigenvalue weighted by molar-refractivity contribution is 5.33. The van der Waals surface area contributed by atoms with Crippen LogP contribution in [-0.2, 0) is 19.3 Å². The lowest BCUT2D eigenvalue weighted by atomic mass is 9.90. The molecule has 0 amide bonds. The highest BCUT2D eigenvalue weighted by Crippen LogP contribution is 2.18. The van der Waals surface area contributed by atoms with Gasteiger partial charge in [0.15, 0.2) is 0 Å². The molecule has 0 saturated carbocycles. The lowest BCUT2D eigenvalue weighted by Crippen LogP contribution is -2.34. The van der Waals surface area contributed by atoms with Crippen LogP contribution in [0.3, 0.4) is 0 Å². The van der Waals surface area contributed by atoms with Crippen molar-refractivity contribution in [3.63, 3.8) is 0 Å². The van der Waals surface area contributed by atoms with Crippen molar-refractivity contribution in [3.05, 3.63) is 34.9 Å². The molecule has 0 aliphatic carbocycles. The number of aryl methyl sites for hydroxylation is 2. The van der Waals surface area contributed by atoms with Crippen molar-refractivity contribution in [2.24, 2.45) is 5.73 Å². The van der Waals surface area contributed by atoms with Crippen molar-refractivity contribution >= 4 is 0 Å². The number of hydrogen-bond donors (Lipinski definition) is 1. The second-order valence-electron chi connectivity index (χ2n) is 4.98. The van der Waals surface area contributed by atoms with Gasteiger partial charge in [0, 0.05) is 5.54 Å². The Morgan fingerprint density at radius 3 is 2.20 bits per heavy atom. The zero-order chi connectivity index (χ0) is 11.5. The lowest BCUT2D eigenvalue weighted by Gasteiger charge is -2.21. The first-order chi connectivity index (χ1) is 6.96. The average Bonchev–Trinajstić information content (AvgIpc) is 2.15. The van der Waals surface area contributed by atoms with E-state index in [2.05, 4.69) is 45.9 Å². The normalized spacial score (nSPS) is 11.8. The Hall–Kier alpha value is -0.820. The number of rotatable bonds is 4. The van der Waals surface area contributed by atoms with Gasteiger partial charge in [-0.15, -0.1) is 0 Å². The average molecular weight is 205 g/mol. The molecule has 0 aliphatic rings.